The number of rotatable bonds is 8. The first-order valence-corrected chi connectivity index (χ1v) is 10.4. The van der Waals surface area contributed by atoms with Crippen LogP contribution in [0.2, 0.25) is 0 Å². The van der Waals surface area contributed by atoms with Crippen LogP contribution in [0.15, 0.2) is 40.2 Å². The zero-order chi connectivity index (χ0) is 19.1. The maximum atomic E-state index is 12.1. The second kappa shape index (κ2) is 9.44. The quantitative estimate of drug-likeness (QED) is 0.425. The van der Waals surface area contributed by atoms with Crippen LogP contribution in [0.1, 0.15) is 5.56 Å². The number of ether oxygens (including phenoxy) is 1. The molecule has 2 heterocycles. The number of nitrogens with one attached hydrogen (secondary N) is 2. The molecular formula is C16H15N5O3S3. The fourth-order valence-electron chi connectivity index (χ4n) is 1.98. The highest BCUT2D eigenvalue weighted by Gasteiger charge is 2.11. The van der Waals surface area contributed by atoms with E-state index in [9.17, 15) is 9.59 Å². The number of methoxy groups -OCH3 is 1. The van der Waals surface area contributed by atoms with E-state index < -0.39 is 0 Å². The summed E-state index contributed by atoms with van der Waals surface area (Å²) in [4.78, 5) is 27.9. The maximum Gasteiger partial charge on any atom is 0.236 e. The lowest BCUT2D eigenvalue weighted by molar-refractivity contribution is -0.115. The zero-order valence-corrected chi connectivity index (χ0v) is 16.6. The zero-order valence-electron chi connectivity index (χ0n) is 14.2. The van der Waals surface area contributed by atoms with Crippen LogP contribution in [0.5, 0.6) is 5.75 Å². The molecule has 140 valence electrons. The largest absolute Gasteiger partial charge is 0.497 e. The Morgan fingerprint density at radius 2 is 1.89 bits per heavy atom. The first kappa shape index (κ1) is 19.3. The molecule has 0 bridgehead atoms. The smallest absolute Gasteiger partial charge is 0.236 e. The van der Waals surface area contributed by atoms with Gasteiger partial charge in [-0.25, -0.2) is 4.98 Å². The van der Waals surface area contributed by atoms with Crippen molar-refractivity contribution in [2.24, 2.45) is 0 Å². The molecular weight excluding hydrogens is 406 g/mol. The average molecular weight is 422 g/mol. The maximum absolute atomic E-state index is 12.1. The van der Waals surface area contributed by atoms with Crippen LogP contribution in [-0.4, -0.2) is 39.9 Å². The fraction of sp³-hybridized carbons (Fsp3) is 0.188. The van der Waals surface area contributed by atoms with Crippen molar-refractivity contribution < 1.29 is 14.3 Å². The summed E-state index contributed by atoms with van der Waals surface area (Å²) in [6.45, 7) is 0. The standard InChI is InChI=1S/C16H15N5O3S3/c1-24-11-4-2-10(3-5-11)8-12(22)18-15-20-21-16(27-15)26-9-13(23)19-14-17-6-7-25-14/h2-7H,8-9H2,1H3,(H,17,19,23)(H,18,20,22). The topological polar surface area (TPSA) is 106 Å². The third-order valence-corrected chi connectivity index (χ3v) is 5.84. The van der Waals surface area contributed by atoms with Crippen molar-refractivity contribution in [2.75, 3.05) is 23.5 Å². The minimum Gasteiger partial charge on any atom is -0.497 e. The van der Waals surface area contributed by atoms with Crippen LogP contribution < -0.4 is 15.4 Å². The highest BCUT2D eigenvalue weighted by atomic mass is 32.2. The molecule has 0 spiro atoms. The monoisotopic (exact) mass is 421 g/mol. The van der Waals surface area contributed by atoms with Crippen molar-refractivity contribution in [3.8, 4) is 5.75 Å². The predicted octanol–water partition coefficient (Wildman–Crippen LogP) is 2.92. The Labute approximate surface area is 167 Å². The number of anilines is 2. The number of hydrogen-bond donors (Lipinski definition) is 2. The predicted molar refractivity (Wildman–Crippen MR) is 107 cm³/mol. The molecule has 0 fully saturated rings. The molecule has 11 heteroatoms. The van der Waals surface area contributed by atoms with Gasteiger partial charge in [0, 0.05) is 11.6 Å². The molecule has 0 atom stereocenters. The summed E-state index contributed by atoms with van der Waals surface area (Å²) in [5.41, 5.74) is 0.867. The summed E-state index contributed by atoms with van der Waals surface area (Å²) in [7, 11) is 1.59. The number of benzene rings is 1. The van der Waals surface area contributed by atoms with E-state index in [1.807, 2.05) is 12.1 Å². The SMILES string of the molecule is COc1ccc(CC(=O)Nc2nnc(SCC(=O)Nc3nccs3)s2)cc1. The van der Waals surface area contributed by atoms with Gasteiger partial charge in [-0.05, 0) is 17.7 Å². The lowest BCUT2D eigenvalue weighted by Gasteiger charge is -2.03. The van der Waals surface area contributed by atoms with Crippen LogP contribution in [-0.2, 0) is 16.0 Å². The van der Waals surface area contributed by atoms with E-state index in [0.717, 1.165) is 11.3 Å². The van der Waals surface area contributed by atoms with Gasteiger partial charge in [0.25, 0.3) is 0 Å². The second-order valence-electron chi connectivity index (χ2n) is 5.12. The number of thioether (sulfide) groups is 1. The Bertz CT molecular complexity index is 896. The van der Waals surface area contributed by atoms with Crippen LogP contribution in [0.25, 0.3) is 0 Å². The van der Waals surface area contributed by atoms with Crippen LogP contribution >= 0.6 is 34.4 Å². The number of carbonyl (C=O) groups is 2. The van der Waals surface area contributed by atoms with Gasteiger partial charge in [0.15, 0.2) is 9.47 Å². The Balaban J connectivity index is 1.45. The number of amides is 2. The Morgan fingerprint density at radius 3 is 2.59 bits per heavy atom. The van der Waals surface area contributed by atoms with E-state index in [1.54, 1.807) is 30.8 Å². The van der Waals surface area contributed by atoms with Gasteiger partial charge in [-0.2, -0.15) is 0 Å². The minimum absolute atomic E-state index is 0.171. The molecule has 0 saturated carbocycles. The van der Waals surface area contributed by atoms with Gasteiger partial charge in [-0.3, -0.25) is 9.59 Å². The van der Waals surface area contributed by atoms with Crippen molar-refractivity contribution in [1.29, 1.82) is 0 Å². The molecule has 2 N–H and O–H groups in total. The van der Waals surface area contributed by atoms with E-state index in [1.165, 1.54) is 34.4 Å². The molecule has 2 aromatic heterocycles. The summed E-state index contributed by atoms with van der Waals surface area (Å²) < 4.78 is 5.69. The van der Waals surface area contributed by atoms with Crippen molar-refractivity contribution in [3.63, 3.8) is 0 Å². The van der Waals surface area contributed by atoms with Gasteiger partial charge in [0.1, 0.15) is 5.75 Å². The normalized spacial score (nSPS) is 10.4. The first-order valence-electron chi connectivity index (χ1n) is 7.71. The lowest BCUT2D eigenvalue weighted by Crippen LogP contribution is -2.14. The van der Waals surface area contributed by atoms with Crippen molar-refractivity contribution >= 4 is 56.5 Å². The number of nitrogens with zero attached hydrogens (tertiary/aromatic N) is 3. The van der Waals surface area contributed by atoms with E-state index >= 15 is 0 Å². The van der Waals surface area contributed by atoms with Gasteiger partial charge >= 0.3 is 0 Å². The van der Waals surface area contributed by atoms with E-state index in [4.69, 9.17) is 4.74 Å². The molecule has 1 aromatic carbocycles. The Kier molecular flexibility index (Phi) is 6.74. The summed E-state index contributed by atoms with van der Waals surface area (Å²) >= 11 is 3.83. The van der Waals surface area contributed by atoms with E-state index in [-0.39, 0.29) is 24.0 Å². The molecule has 8 nitrogen and oxygen atoms in total. The molecule has 3 aromatic rings. The molecule has 0 aliphatic heterocycles. The van der Waals surface area contributed by atoms with Gasteiger partial charge in [0.05, 0.1) is 19.3 Å². The Morgan fingerprint density at radius 1 is 1.11 bits per heavy atom. The summed E-state index contributed by atoms with van der Waals surface area (Å²) in [6, 6.07) is 7.28. The number of carbonyl (C=O) groups excluding carboxylic acids is 2. The third kappa shape index (κ3) is 6.01. The van der Waals surface area contributed by atoms with Crippen LogP contribution in [0.4, 0.5) is 10.3 Å². The molecule has 3 rings (SSSR count). The highest BCUT2D eigenvalue weighted by Crippen LogP contribution is 2.26. The summed E-state index contributed by atoms with van der Waals surface area (Å²) in [5, 5.41) is 16.1. The Hall–Kier alpha value is -2.50. The highest BCUT2D eigenvalue weighted by molar-refractivity contribution is 8.01. The van der Waals surface area contributed by atoms with Crippen LogP contribution in [0, 0.1) is 0 Å². The molecule has 27 heavy (non-hydrogen) atoms. The van der Waals surface area contributed by atoms with Gasteiger partial charge in [-0.15, -0.1) is 21.5 Å². The number of aromatic nitrogens is 3. The average Bonchev–Trinajstić information content (AvgIpc) is 3.32. The van der Waals surface area contributed by atoms with Crippen molar-refractivity contribution in [2.45, 2.75) is 10.8 Å². The number of thiazole rings is 1. The molecule has 0 unspecified atom stereocenters. The van der Waals surface area contributed by atoms with Gasteiger partial charge in [0.2, 0.25) is 16.9 Å². The number of hydrogen-bond acceptors (Lipinski definition) is 9. The molecule has 0 saturated heterocycles. The lowest BCUT2D eigenvalue weighted by atomic mass is 10.1. The van der Waals surface area contributed by atoms with Crippen molar-refractivity contribution in [3.05, 3.63) is 41.4 Å². The minimum atomic E-state index is -0.186. The first-order chi connectivity index (χ1) is 13.1. The van der Waals surface area contributed by atoms with Gasteiger partial charge < -0.3 is 15.4 Å². The summed E-state index contributed by atoms with van der Waals surface area (Å²) in [5.74, 6) is 0.571. The van der Waals surface area contributed by atoms with Gasteiger partial charge in [-0.1, -0.05) is 35.2 Å². The second-order valence-corrected chi connectivity index (χ2v) is 8.21. The molecule has 2 amide bonds. The molecule has 0 aliphatic rings. The van der Waals surface area contributed by atoms with E-state index in [2.05, 4.69) is 25.8 Å². The molecule has 0 radical (unpaired) electrons. The third-order valence-electron chi connectivity index (χ3n) is 3.18. The summed E-state index contributed by atoms with van der Waals surface area (Å²) in [6.07, 6.45) is 1.85. The van der Waals surface area contributed by atoms with E-state index in [0.29, 0.717) is 14.6 Å². The van der Waals surface area contributed by atoms with Crippen LogP contribution in [0.3, 0.4) is 0 Å². The fourth-order valence-corrected chi connectivity index (χ4v) is 4.09. The molecule has 0 aliphatic carbocycles. The van der Waals surface area contributed by atoms with Crippen molar-refractivity contribution in [1.82, 2.24) is 15.2 Å².